The number of hydrogen-bond donors (Lipinski definition) is 0. The Morgan fingerprint density at radius 2 is 1.63 bits per heavy atom. The Labute approximate surface area is 158 Å². The van der Waals surface area contributed by atoms with Crippen LogP contribution >= 0.6 is 0 Å². The van der Waals surface area contributed by atoms with Crippen LogP contribution in [0.1, 0.15) is 6.42 Å². The quantitative estimate of drug-likeness (QED) is 0.835. The van der Waals surface area contributed by atoms with Gasteiger partial charge in [-0.3, -0.25) is 9.59 Å². The number of benzene rings is 2. The van der Waals surface area contributed by atoms with E-state index in [0.29, 0.717) is 38.6 Å². The number of para-hydroxylation sites is 1. The van der Waals surface area contributed by atoms with Gasteiger partial charge in [-0.1, -0.05) is 18.2 Å². The molecule has 0 N–H and O–H groups in total. The Morgan fingerprint density at radius 3 is 2.33 bits per heavy atom. The van der Waals surface area contributed by atoms with Crippen molar-refractivity contribution in [3.63, 3.8) is 0 Å². The first-order chi connectivity index (χ1) is 13.2. The molecule has 4 rings (SSSR count). The third kappa shape index (κ3) is 3.95. The molecule has 0 saturated carbocycles. The van der Waals surface area contributed by atoms with Crippen LogP contribution in [0.5, 0.6) is 11.5 Å². The van der Waals surface area contributed by atoms with E-state index >= 15 is 0 Å². The molecule has 0 spiro atoms. The Kier molecular flexibility index (Phi) is 5.07. The fourth-order valence-corrected chi connectivity index (χ4v) is 3.48. The van der Waals surface area contributed by atoms with Crippen molar-refractivity contribution in [3.8, 4) is 11.5 Å². The highest BCUT2D eigenvalue weighted by Gasteiger charge is 2.37. The van der Waals surface area contributed by atoms with Crippen LogP contribution in [-0.2, 0) is 14.3 Å². The zero-order chi connectivity index (χ0) is 18.6. The van der Waals surface area contributed by atoms with Crippen LogP contribution in [0.15, 0.2) is 54.6 Å². The maximum absolute atomic E-state index is 12.7. The minimum atomic E-state index is -0.282. The van der Waals surface area contributed by atoms with Crippen molar-refractivity contribution in [1.29, 1.82) is 0 Å². The van der Waals surface area contributed by atoms with Crippen LogP contribution in [-0.4, -0.2) is 49.6 Å². The molecule has 2 aromatic carbocycles. The lowest BCUT2D eigenvalue weighted by Crippen LogP contribution is -2.44. The Morgan fingerprint density at radius 1 is 0.963 bits per heavy atom. The molecule has 1 unspecified atom stereocenters. The summed E-state index contributed by atoms with van der Waals surface area (Å²) in [6.45, 7) is 2.77. The molecule has 2 saturated heterocycles. The van der Waals surface area contributed by atoms with Gasteiger partial charge in [-0.15, -0.1) is 0 Å². The molecule has 0 aliphatic carbocycles. The first-order valence-electron chi connectivity index (χ1n) is 9.20. The third-order valence-corrected chi connectivity index (χ3v) is 4.92. The number of ether oxygens (including phenoxy) is 2. The zero-order valence-corrected chi connectivity index (χ0v) is 15.0. The molecule has 2 aromatic rings. The van der Waals surface area contributed by atoms with Crippen molar-refractivity contribution in [2.45, 2.75) is 6.42 Å². The van der Waals surface area contributed by atoms with Gasteiger partial charge in [0.05, 0.1) is 19.1 Å². The first-order valence-corrected chi connectivity index (χ1v) is 9.20. The summed E-state index contributed by atoms with van der Waals surface area (Å²) in [4.78, 5) is 28.6. The van der Waals surface area contributed by atoms with Gasteiger partial charge in [-0.2, -0.15) is 0 Å². The normalized spacial score (nSPS) is 20.0. The summed E-state index contributed by atoms with van der Waals surface area (Å²) in [6, 6.07) is 16.9. The van der Waals surface area contributed by atoms with Crippen LogP contribution < -0.4 is 9.64 Å². The average molecular weight is 366 g/mol. The lowest BCUT2D eigenvalue weighted by Gasteiger charge is -2.29. The molecule has 6 nitrogen and oxygen atoms in total. The van der Waals surface area contributed by atoms with Crippen LogP contribution in [0, 0.1) is 5.92 Å². The van der Waals surface area contributed by atoms with Gasteiger partial charge in [-0.05, 0) is 36.4 Å². The van der Waals surface area contributed by atoms with Gasteiger partial charge in [-0.25, -0.2) is 0 Å². The monoisotopic (exact) mass is 366 g/mol. The molecule has 2 aliphatic rings. The molecule has 0 bridgehead atoms. The third-order valence-electron chi connectivity index (χ3n) is 4.92. The van der Waals surface area contributed by atoms with Crippen LogP contribution in [0.3, 0.4) is 0 Å². The van der Waals surface area contributed by atoms with E-state index in [1.807, 2.05) is 59.5 Å². The van der Waals surface area contributed by atoms with Gasteiger partial charge >= 0.3 is 0 Å². The van der Waals surface area contributed by atoms with Crippen molar-refractivity contribution in [1.82, 2.24) is 4.90 Å². The van der Waals surface area contributed by atoms with E-state index in [1.165, 1.54) is 0 Å². The highest BCUT2D eigenvalue weighted by atomic mass is 16.5. The Balaban J connectivity index is 1.41. The number of amides is 2. The number of hydrogen-bond acceptors (Lipinski definition) is 4. The predicted octanol–water partition coefficient (Wildman–Crippen LogP) is 2.69. The number of rotatable bonds is 4. The summed E-state index contributed by atoms with van der Waals surface area (Å²) < 4.78 is 11.1. The summed E-state index contributed by atoms with van der Waals surface area (Å²) in [5.41, 5.74) is 0.790. The number of carbonyl (C=O) groups excluding carboxylic acids is 2. The average Bonchev–Trinajstić information content (AvgIpc) is 3.11. The number of morpholine rings is 1. The minimum Gasteiger partial charge on any atom is -0.457 e. The van der Waals surface area contributed by atoms with E-state index in [-0.39, 0.29) is 24.2 Å². The molecule has 0 radical (unpaired) electrons. The SMILES string of the molecule is O=C(C1CC(=O)N(c2ccc(Oc3ccccc3)cc2)C1)N1CCOCC1. The largest absolute Gasteiger partial charge is 0.457 e. The Bertz CT molecular complexity index is 801. The summed E-state index contributed by atoms with van der Waals surface area (Å²) in [5.74, 6) is 1.23. The molecule has 2 heterocycles. The zero-order valence-electron chi connectivity index (χ0n) is 15.0. The minimum absolute atomic E-state index is 0.0154. The smallest absolute Gasteiger partial charge is 0.228 e. The highest BCUT2D eigenvalue weighted by Crippen LogP contribution is 2.29. The van der Waals surface area contributed by atoms with E-state index in [0.717, 1.165) is 11.4 Å². The molecular weight excluding hydrogens is 344 g/mol. The van der Waals surface area contributed by atoms with Crippen molar-refractivity contribution in [2.75, 3.05) is 37.7 Å². The molecule has 2 fully saturated rings. The second-order valence-corrected chi connectivity index (χ2v) is 6.75. The summed E-state index contributed by atoms with van der Waals surface area (Å²) in [7, 11) is 0. The van der Waals surface area contributed by atoms with E-state index < -0.39 is 0 Å². The molecule has 2 amide bonds. The molecule has 27 heavy (non-hydrogen) atoms. The van der Waals surface area contributed by atoms with Gasteiger partial charge in [0.2, 0.25) is 11.8 Å². The van der Waals surface area contributed by atoms with Gasteiger partial charge in [0.25, 0.3) is 0 Å². The Hall–Kier alpha value is -2.86. The summed E-state index contributed by atoms with van der Waals surface area (Å²) in [6.07, 6.45) is 0.262. The fourth-order valence-electron chi connectivity index (χ4n) is 3.48. The molecular formula is C21H22N2O4. The van der Waals surface area contributed by atoms with Crippen molar-refractivity contribution >= 4 is 17.5 Å². The van der Waals surface area contributed by atoms with Crippen LogP contribution in [0.4, 0.5) is 5.69 Å². The van der Waals surface area contributed by atoms with E-state index in [2.05, 4.69) is 0 Å². The van der Waals surface area contributed by atoms with Crippen molar-refractivity contribution < 1.29 is 19.1 Å². The second-order valence-electron chi connectivity index (χ2n) is 6.75. The van der Waals surface area contributed by atoms with Gasteiger partial charge in [0.15, 0.2) is 0 Å². The summed E-state index contributed by atoms with van der Waals surface area (Å²) >= 11 is 0. The lowest BCUT2D eigenvalue weighted by atomic mass is 10.1. The van der Waals surface area contributed by atoms with Gasteiger partial charge in [0, 0.05) is 31.7 Å². The van der Waals surface area contributed by atoms with Crippen LogP contribution in [0.25, 0.3) is 0 Å². The van der Waals surface area contributed by atoms with Crippen LogP contribution in [0.2, 0.25) is 0 Å². The van der Waals surface area contributed by atoms with E-state index in [1.54, 1.807) is 4.90 Å². The van der Waals surface area contributed by atoms with E-state index in [4.69, 9.17) is 9.47 Å². The topological polar surface area (TPSA) is 59.1 Å². The second kappa shape index (κ2) is 7.80. The highest BCUT2D eigenvalue weighted by molar-refractivity contribution is 6.00. The molecule has 1 atom stereocenters. The number of anilines is 1. The van der Waals surface area contributed by atoms with E-state index in [9.17, 15) is 9.59 Å². The van der Waals surface area contributed by atoms with Gasteiger partial charge in [0.1, 0.15) is 11.5 Å². The standard InChI is InChI=1S/C21H22N2O4/c24-20-14-16(21(25)22-10-12-26-13-11-22)15-23(20)17-6-8-19(9-7-17)27-18-4-2-1-3-5-18/h1-9,16H,10-15H2. The maximum Gasteiger partial charge on any atom is 0.228 e. The first kappa shape index (κ1) is 17.5. The van der Waals surface area contributed by atoms with Crippen molar-refractivity contribution in [3.05, 3.63) is 54.6 Å². The molecule has 0 aromatic heterocycles. The number of nitrogens with zero attached hydrogens (tertiary/aromatic N) is 2. The fraction of sp³-hybridized carbons (Fsp3) is 0.333. The van der Waals surface area contributed by atoms with Crippen molar-refractivity contribution in [2.24, 2.45) is 5.92 Å². The predicted molar refractivity (Wildman–Crippen MR) is 101 cm³/mol. The molecule has 140 valence electrons. The number of carbonyl (C=O) groups is 2. The molecule has 6 heteroatoms. The maximum atomic E-state index is 12.7. The molecule has 2 aliphatic heterocycles. The lowest BCUT2D eigenvalue weighted by molar-refractivity contribution is -0.139. The summed E-state index contributed by atoms with van der Waals surface area (Å²) in [5, 5.41) is 0. The van der Waals surface area contributed by atoms with Gasteiger partial charge < -0.3 is 19.3 Å².